The first kappa shape index (κ1) is 9.13. The van der Waals surface area contributed by atoms with E-state index in [2.05, 4.69) is 0 Å². The van der Waals surface area contributed by atoms with Crippen LogP contribution in [0.25, 0.3) is 0 Å². The molecule has 5 heavy (non-hydrogen) atoms. The van der Waals surface area contributed by atoms with Crippen LogP contribution in [0.1, 0.15) is 0 Å². The Hall–Kier alpha value is 0.582. The molecule has 0 saturated heterocycles. The van der Waals surface area contributed by atoms with Gasteiger partial charge in [0.25, 0.3) is 0 Å². The van der Waals surface area contributed by atoms with Gasteiger partial charge in [0.15, 0.2) is 0 Å². The van der Waals surface area contributed by atoms with Gasteiger partial charge in [-0.1, -0.05) is 0 Å². The summed E-state index contributed by atoms with van der Waals surface area (Å²) < 4.78 is 0. The van der Waals surface area contributed by atoms with Crippen molar-refractivity contribution >= 4 is 0 Å². The summed E-state index contributed by atoms with van der Waals surface area (Å²) in [6.07, 6.45) is 0. The molecule has 0 bridgehead atoms. The van der Waals surface area contributed by atoms with Gasteiger partial charge in [0, 0.05) is 0 Å². The molecule has 0 heterocycles. The molecule has 2 N–H and O–H groups in total. The Balaban J connectivity index is 0. The summed E-state index contributed by atoms with van der Waals surface area (Å²) in [6.45, 7) is -0.250. The summed E-state index contributed by atoms with van der Waals surface area (Å²) in [5, 5.41) is 15.2. The van der Waals surface area contributed by atoms with Gasteiger partial charge < -0.3 is 10.2 Å². The predicted octanol–water partition coefficient (Wildman–Crippen LogP) is -1.03. The maximum atomic E-state index is 7.62. The van der Waals surface area contributed by atoms with E-state index in [-0.39, 0.29) is 33.6 Å². The van der Waals surface area contributed by atoms with E-state index < -0.39 is 0 Å². The molecule has 0 radical (unpaired) electrons. The van der Waals surface area contributed by atoms with Crippen LogP contribution in [0, 0.1) is 0 Å². The molecule has 0 aromatic carbocycles. The second-order valence-corrected chi connectivity index (χ2v) is 0.447. The third kappa shape index (κ3) is 12.2. The molecule has 0 atom stereocenters. The monoisotopic (exact) mass is 168 g/mol. The molecule has 0 rings (SSSR count). The van der Waals surface area contributed by atoms with Crippen molar-refractivity contribution in [2.45, 2.75) is 0 Å². The van der Waals surface area contributed by atoms with Gasteiger partial charge in [-0.25, -0.2) is 0 Å². The van der Waals surface area contributed by atoms with Gasteiger partial charge in [0.2, 0.25) is 0 Å². The Morgan fingerprint density at radius 3 is 1.20 bits per heavy atom. The third-order valence-corrected chi connectivity index (χ3v) is 0.1000. The SMILES string of the molecule is OCCO.[Pd+2]. The van der Waals surface area contributed by atoms with Crippen molar-refractivity contribution in [3.05, 3.63) is 0 Å². The average Bonchev–Trinajstić information content (AvgIpc) is 1.37. The number of rotatable bonds is 1. The molecule has 0 unspecified atom stereocenters. The quantitative estimate of drug-likeness (QED) is 0.492. The van der Waals surface area contributed by atoms with Crippen molar-refractivity contribution < 1.29 is 30.6 Å². The van der Waals surface area contributed by atoms with Crippen molar-refractivity contribution in [3.63, 3.8) is 0 Å². The Morgan fingerprint density at radius 1 is 1.00 bits per heavy atom. The van der Waals surface area contributed by atoms with Crippen LogP contribution in [0.3, 0.4) is 0 Å². The zero-order chi connectivity index (χ0) is 3.41. The topological polar surface area (TPSA) is 40.5 Å². The van der Waals surface area contributed by atoms with E-state index in [1.165, 1.54) is 0 Å². The van der Waals surface area contributed by atoms with Gasteiger partial charge in [0.05, 0.1) is 13.2 Å². The molecule has 0 aromatic rings. The molecule has 3 heteroatoms. The number of aliphatic hydroxyl groups excluding tert-OH is 2. The molecule has 0 fully saturated rings. The van der Waals surface area contributed by atoms with Crippen LogP contribution < -0.4 is 0 Å². The van der Waals surface area contributed by atoms with Crippen molar-refractivity contribution in [1.29, 1.82) is 0 Å². The van der Waals surface area contributed by atoms with E-state index in [9.17, 15) is 0 Å². The molecule has 0 saturated carbocycles. The van der Waals surface area contributed by atoms with Crippen molar-refractivity contribution in [3.8, 4) is 0 Å². The van der Waals surface area contributed by atoms with Crippen molar-refractivity contribution in [2.75, 3.05) is 13.2 Å². The predicted molar refractivity (Wildman–Crippen MR) is 14.2 cm³/mol. The van der Waals surface area contributed by atoms with Gasteiger partial charge >= 0.3 is 20.4 Å². The molecule has 0 aliphatic heterocycles. The number of aliphatic hydroxyl groups is 2. The van der Waals surface area contributed by atoms with E-state index in [0.717, 1.165) is 0 Å². The Labute approximate surface area is 44.5 Å². The maximum Gasteiger partial charge on any atom is 2.00 e. The zero-order valence-electron chi connectivity index (χ0n) is 2.62. The summed E-state index contributed by atoms with van der Waals surface area (Å²) in [7, 11) is 0. The van der Waals surface area contributed by atoms with Gasteiger partial charge in [-0.3, -0.25) is 0 Å². The first-order valence-electron chi connectivity index (χ1n) is 1.13. The van der Waals surface area contributed by atoms with Gasteiger partial charge in [-0.05, 0) is 0 Å². The second-order valence-electron chi connectivity index (χ2n) is 0.447. The first-order chi connectivity index (χ1) is 1.91. The van der Waals surface area contributed by atoms with Crippen molar-refractivity contribution in [1.82, 2.24) is 0 Å². The van der Waals surface area contributed by atoms with E-state index >= 15 is 0 Å². The van der Waals surface area contributed by atoms with Gasteiger partial charge in [0.1, 0.15) is 0 Å². The molecular formula is C2H6O2Pd+2. The summed E-state index contributed by atoms with van der Waals surface area (Å²) in [6, 6.07) is 0. The van der Waals surface area contributed by atoms with Crippen LogP contribution in [0.5, 0.6) is 0 Å². The Kier molecular flexibility index (Phi) is 16.1. The molecule has 0 amide bonds. The van der Waals surface area contributed by atoms with Crippen LogP contribution in [0.15, 0.2) is 0 Å². The Morgan fingerprint density at radius 2 is 1.20 bits per heavy atom. The minimum Gasteiger partial charge on any atom is -0.394 e. The maximum absolute atomic E-state index is 7.62. The summed E-state index contributed by atoms with van der Waals surface area (Å²) in [5.74, 6) is 0. The van der Waals surface area contributed by atoms with Crippen molar-refractivity contribution in [2.24, 2.45) is 0 Å². The minimum absolute atomic E-state index is 0. The third-order valence-electron chi connectivity index (χ3n) is 0.1000. The normalized spacial score (nSPS) is 6.00. The fraction of sp³-hybridized carbons (Fsp3) is 1.00. The summed E-state index contributed by atoms with van der Waals surface area (Å²) in [4.78, 5) is 0. The molecule has 0 aromatic heterocycles. The zero-order valence-corrected chi connectivity index (χ0v) is 4.18. The fourth-order valence-corrected chi connectivity index (χ4v) is 0. The fourth-order valence-electron chi connectivity index (χ4n) is 0. The summed E-state index contributed by atoms with van der Waals surface area (Å²) >= 11 is 0. The minimum atomic E-state index is -0.125. The molecule has 0 spiro atoms. The Bertz CT molecular complexity index is 9.61. The standard InChI is InChI=1S/C2H6O2.Pd/c3-1-2-4;/h3-4H,1-2H2;/q;+2. The molecule has 0 aliphatic carbocycles. The second kappa shape index (κ2) is 8.82. The number of hydrogen-bond acceptors (Lipinski definition) is 2. The first-order valence-corrected chi connectivity index (χ1v) is 1.13. The smallest absolute Gasteiger partial charge is 0.394 e. The van der Waals surface area contributed by atoms with Crippen LogP contribution in [-0.2, 0) is 20.4 Å². The van der Waals surface area contributed by atoms with Crippen LogP contribution in [-0.4, -0.2) is 23.4 Å². The van der Waals surface area contributed by atoms with E-state index in [4.69, 9.17) is 10.2 Å². The molecular weight excluding hydrogens is 162 g/mol. The number of hydrogen-bond donors (Lipinski definition) is 2. The molecule has 34 valence electrons. The van der Waals surface area contributed by atoms with Gasteiger partial charge in [-0.2, -0.15) is 0 Å². The molecule has 0 aliphatic rings. The van der Waals surface area contributed by atoms with Crippen LogP contribution in [0.4, 0.5) is 0 Å². The van der Waals surface area contributed by atoms with Gasteiger partial charge in [-0.15, -0.1) is 0 Å². The van der Waals surface area contributed by atoms with Crippen LogP contribution in [0.2, 0.25) is 0 Å². The van der Waals surface area contributed by atoms with E-state index in [1.807, 2.05) is 0 Å². The van der Waals surface area contributed by atoms with Crippen LogP contribution >= 0.6 is 0 Å². The summed E-state index contributed by atoms with van der Waals surface area (Å²) in [5.41, 5.74) is 0. The average molecular weight is 168 g/mol. The molecule has 2 nitrogen and oxygen atoms in total. The van der Waals surface area contributed by atoms with E-state index in [1.54, 1.807) is 0 Å². The van der Waals surface area contributed by atoms with E-state index in [0.29, 0.717) is 0 Å². The largest absolute Gasteiger partial charge is 2.00 e.